The lowest BCUT2D eigenvalue weighted by atomic mass is 10.1. The van der Waals surface area contributed by atoms with Crippen LogP contribution in [0.5, 0.6) is 0 Å². The van der Waals surface area contributed by atoms with E-state index >= 15 is 0 Å². The number of hydrogen-bond donors (Lipinski definition) is 0. The number of carbonyl (C=O) groups excluding carboxylic acids is 2. The van der Waals surface area contributed by atoms with E-state index in [1.54, 1.807) is 38.2 Å². The molecule has 1 heterocycles. The topological polar surface area (TPSA) is 83.3 Å². The van der Waals surface area contributed by atoms with Crippen LogP contribution in [0, 0.1) is 6.92 Å². The number of hydrogen-bond acceptors (Lipinski definition) is 5. The molecule has 0 radical (unpaired) electrons. The van der Waals surface area contributed by atoms with Gasteiger partial charge in [-0.15, -0.1) is 0 Å². The van der Waals surface area contributed by atoms with Crippen molar-refractivity contribution in [3.8, 4) is 0 Å². The van der Waals surface area contributed by atoms with E-state index in [1.165, 1.54) is 16.1 Å². The van der Waals surface area contributed by atoms with Crippen LogP contribution in [0.4, 0.5) is 4.79 Å². The van der Waals surface area contributed by atoms with Gasteiger partial charge in [0.1, 0.15) is 12.1 Å². The number of ether oxygens (including phenoxy) is 1. The Hall–Kier alpha value is -3.65. The Balaban J connectivity index is 1.91. The van der Waals surface area contributed by atoms with Crippen molar-refractivity contribution < 1.29 is 18.7 Å². The monoisotopic (exact) mass is 465 g/mol. The number of urea groups is 1. The van der Waals surface area contributed by atoms with E-state index < -0.39 is 0 Å². The molecule has 3 rings (SSSR count). The minimum absolute atomic E-state index is 0.0637. The van der Waals surface area contributed by atoms with E-state index in [0.29, 0.717) is 29.7 Å². The second kappa shape index (κ2) is 11.5. The van der Waals surface area contributed by atoms with Gasteiger partial charge in [-0.05, 0) is 24.6 Å². The Bertz CT molecular complexity index is 1190. The van der Waals surface area contributed by atoms with Gasteiger partial charge in [0.05, 0.1) is 30.4 Å². The Morgan fingerprint density at radius 2 is 1.74 bits per heavy atom. The van der Waals surface area contributed by atoms with Crippen LogP contribution in [0.3, 0.4) is 0 Å². The maximum absolute atomic E-state index is 13.4. The molecule has 34 heavy (non-hydrogen) atoms. The van der Waals surface area contributed by atoms with Gasteiger partial charge in [0, 0.05) is 34.3 Å². The summed E-state index contributed by atoms with van der Waals surface area (Å²) < 4.78 is 10.8. The van der Waals surface area contributed by atoms with Crippen LogP contribution in [0.15, 0.2) is 64.0 Å². The highest BCUT2D eigenvalue weighted by Gasteiger charge is 2.24. The summed E-state index contributed by atoms with van der Waals surface area (Å²) in [6, 6.07) is 14.7. The van der Waals surface area contributed by atoms with Crippen molar-refractivity contribution in [3.63, 3.8) is 0 Å². The van der Waals surface area contributed by atoms with E-state index in [0.717, 1.165) is 11.1 Å². The molecule has 8 heteroatoms. The van der Waals surface area contributed by atoms with Crippen LogP contribution in [0.1, 0.15) is 16.7 Å². The number of aryl methyl sites for hydroxylation is 1. The fourth-order valence-electron chi connectivity index (χ4n) is 3.63. The number of methoxy groups -OCH3 is 1. The predicted octanol–water partition coefficient (Wildman–Crippen LogP) is 3.26. The molecule has 0 aliphatic rings. The summed E-state index contributed by atoms with van der Waals surface area (Å²) in [6.07, 6.45) is 1.42. The molecular weight excluding hydrogens is 434 g/mol. The minimum atomic E-state index is -0.286. The van der Waals surface area contributed by atoms with Crippen molar-refractivity contribution >= 4 is 22.9 Å². The van der Waals surface area contributed by atoms with E-state index in [2.05, 4.69) is 0 Å². The molecule has 0 bridgehead atoms. The van der Waals surface area contributed by atoms with Crippen LogP contribution in [0.2, 0.25) is 0 Å². The minimum Gasteiger partial charge on any atom is -0.464 e. The summed E-state index contributed by atoms with van der Waals surface area (Å²) in [4.78, 5) is 43.6. The zero-order valence-electron chi connectivity index (χ0n) is 20.1. The molecular formula is C26H31N3O5. The van der Waals surface area contributed by atoms with Gasteiger partial charge in [0.25, 0.3) is 0 Å². The molecule has 0 N–H and O–H groups in total. The zero-order chi connectivity index (χ0) is 24.7. The molecule has 0 aliphatic heterocycles. The quantitative estimate of drug-likeness (QED) is 0.484. The third-order valence-electron chi connectivity index (χ3n) is 5.47. The number of fused-ring (bicyclic) bond motifs is 1. The van der Waals surface area contributed by atoms with Gasteiger partial charge >= 0.3 is 6.03 Å². The molecule has 0 spiro atoms. The van der Waals surface area contributed by atoms with Crippen molar-refractivity contribution in [1.82, 2.24) is 14.7 Å². The first-order valence-corrected chi connectivity index (χ1v) is 11.1. The van der Waals surface area contributed by atoms with Gasteiger partial charge in [-0.25, -0.2) is 4.79 Å². The van der Waals surface area contributed by atoms with Crippen molar-refractivity contribution in [2.24, 2.45) is 0 Å². The standard InChI is InChI=1S/C26H31N3O5/c1-19-10-11-23-22(14-19)25(31)21(18-34-23)16-29(15-20-8-6-5-7-9-20)24(30)17-28(12-13-33-4)26(32)27(2)3/h5-11,14,18H,12-13,15-17H2,1-4H3. The second-order valence-electron chi connectivity index (χ2n) is 8.42. The lowest BCUT2D eigenvalue weighted by Gasteiger charge is -2.29. The third kappa shape index (κ3) is 6.23. The van der Waals surface area contributed by atoms with Crippen molar-refractivity contribution in [1.29, 1.82) is 0 Å². The Kier molecular flexibility index (Phi) is 8.43. The first kappa shape index (κ1) is 25.0. The maximum atomic E-state index is 13.4. The summed E-state index contributed by atoms with van der Waals surface area (Å²) in [5.74, 6) is -0.279. The second-order valence-corrected chi connectivity index (χ2v) is 8.42. The normalized spacial score (nSPS) is 10.8. The lowest BCUT2D eigenvalue weighted by molar-refractivity contribution is -0.133. The van der Waals surface area contributed by atoms with Crippen LogP contribution in [-0.2, 0) is 22.6 Å². The molecule has 0 fully saturated rings. The molecule has 3 aromatic rings. The van der Waals surface area contributed by atoms with Crippen molar-refractivity contribution in [2.75, 3.05) is 40.9 Å². The Morgan fingerprint density at radius 3 is 2.41 bits per heavy atom. The van der Waals surface area contributed by atoms with Crippen LogP contribution in [-0.4, -0.2) is 67.5 Å². The molecule has 0 saturated heterocycles. The van der Waals surface area contributed by atoms with Gasteiger partial charge in [-0.2, -0.15) is 0 Å². The first-order chi connectivity index (χ1) is 16.3. The molecule has 0 atom stereocenters. The average Bonchev–Trinajstić information content (AvgIpc) is 2.83. The van der Waals surface area contributed by atoms with E-state index in [1.807, 2.05) is 43.3 Å². The van der Waals surface area contributed by atoms with Gasteiger partial charge in [-0.1, -0.05) is 42.0 Å². The summed E-state index contributed by atoms with van der Waals surface area (Å²) in [7, 11) is 4.82. The summed E-state index contributed by atoms with van der Waals surface area (Å²) in [5.41, 5.74) is 2.58. The van der Waals surface area contributed by atoms with Crippen LogP contribution < -0.4 is 5.43 Å². The molecule has 3 amide bonds. The largest absolute Gasteiger partial charge is 0.464 e. The number of carbonyl (C=O) groups is 2. The molecule has 0 aliphatic carbocycles. The highest BCUT2D eigenvalue weighted by Crippen LogP contribution is 2.16. The Labute approximate surface area is 199 Å². The lowest BCUT2D eigenvalue weighted by Crippen LogP contribution is -2.47. The van der Waals surface area contributed by atoms with Gasteiger partial charge < -0.3 is 23.9 Å². The van der Waals surface area contributed by atoms with Crippen molar-refractivity contribution in [2.45, 2.75) is 20.0 Å². The SMILES string of the molecule is COCCN(CC(=O)N(Cc1ccccc1)Cc1coc2ccc(C)cc2c1=O)C(=O)N(C)C. The smallest absolute Gasteiger partial charge is 0.320 e. The molecule has 180 valence electrons. The first-order valence-electron chi connectivity index (χ1n) is 11.1. The zero-order valence-corrected chi connectivity index (χ0v) is 20.1. The molecule has 1 aromatic heterocycles. The van der Waals surface area contributed by atoms with Crippen LogP contribution in [0.25, 0.3) is 11.0 Å². The molecule has 8 nitrogen and oxygen atoms in total. The predicted molar refractivity (Wildman–Crippen MR) is 130 cm³/mol. The number of rotatable bonds is 9. The Morgan fingerprint density at radius 1 is 1.00 bits per heavy atom. The average molecular weight is 466 g/mol. The highest BCUT2D eigenvalue weighted by molar-refractivity contribution is 5.84. The van der Waals surface area contributed by atoms with Crippen LogP contribution >= 0.6 is 0 Å². The fourth-order valence-corrected chi connectivity index (χ4v) is 3.63. The number of amides is 3. The summed E-state index contributed by atoms with van der Waals surface area (Å²) in [6.45, 7) is 2.71. The number of nitrogens with zero attached hydrogens (tertiary/aromatic N) is 3. The van der Waals surface area contributed by atoms with Gasteiger partial charge in [0.15, 0.2) is 5.43 Å². The van der Waals surface area contributed by atoms with Gasteiger partial charge in [0.2, 0.25) is 5.91 Å². The summed E-state index contributed by atoms with van der Waals surface area (Å²) in [5, 5.41) is 0.481. The van der Waals surface area contributed by atoms with E-state index in [-0.39, 0.29) is 37.0 Å². The molecule has 0 saturated carbocycles. The number of benzene rings is 2. The van der Waals surface area contributed by atoms with E-state index in [4.69, 9.17) is 9.15 Å². The molecule has 2 aromatic carbocycles. The van der Waals surface area contributed by atoms with Gasteiger partial charge in [-0.3, -0.25) is 9.59 Å². The van der Waals surface area contributed by atoms with Crippen molar-refractivity contribution in [3.05, 3.63) is 81.7 Å². The highest BCUT2D eigenvalue weighted by atomic mass is 16.5. The molecule has 0 unspecified atom stereocenters. The van der Waals surface area contributed by atoms with E-state index in [9.17, 15) is 14.4 Å². The fraction of sp³-hybridized carbons (Fsp3) is 0.346. The summed E-state index contributed by atoms with van der Waals surface area (Å²) >= 11 is 0. The maximum Gasteiger partial charge on any atom is 0.320 e. The third-order valence-corrected chi connectivity index (χ3v) is 5.47.